The number of hydrogen-bond acceptors (Lipinski definition) is 3. The van der Waals surface area contributed by atoms with E-state index < -0.39 is 0 Å². The van der Waals surface area contributed by atoms with E-state index in [0.29, 0.717) is 24.4 Å². The van der Waals surface area contributed by atoms with Crippen LogP contribution in [0.3, 0.4) is 0 Å². The first-order valence-corrected chi connectivity index (χ1v) is 5.87. The van der Waals surface area contributed by atoms with E-state index in [1.165, 1.54) is 12.8 Å². The van der Waals surface area contributed by atoms with Gasteiger partial charge in [0.2, 0.25) is 5.91 Å². The molecule has 1 aliphatic heterocycles. The van der Waals surface area contributed by atoms with Crippen LogP contribution in [0.4, 0.5) is 0 Å². The van der Waals surface area contributed by atoms with Crippen molar-refractivity contribution in [1.82, 2.24) is 10.2 Å². The van der Waals surface area contributed by atoms with E-state index in [9.17, 15) is 4.79 Å². The van der Waals surface area contributed by atoms with Crippen LogP contribution in [0.1, 0.15) is 24.8 Å². The van der Waals surface area contributed by atoms with Crippen LogP contribution in [0.5, 0.6) is 0 Å². The number of nitrogens with one attached hydrogen (secondary N) is 1. The molecule has 4 nitrogen and oxygen atoms in total. The molecule has 1 saturated heterocycles. The first-order valence-electron chi connectivity index (χ1n) is 5.87. The van der Waals surface area contributed by atoms with E-state index in [1.54, 1.807) is 12.5 Å². The number of nitrogens with zero attached hydrogens (tertiary/aromatic N) is 1. The number of furan rings is 1. The molecule has 1 saturated carbocycles. The maximum absolute atomic E-state index is 11.7. The normalized spacial score (nSPS) is 25.4. The molecular weight excluding hydrogens is 204 g/mol. The summed E-state index contributed by atoms with van der Waals surface area (Å²) in [5, 5.41) is 3.40. The van der Waals surface area contributed by atoms with Crippen molar-refractivity contribution in [3.8, 4) is 0 Å². The van der Waals surface area contributed by atoms with Gasteiger partial charge in [-0.25, -0.2) is 0 Å². The van der Waals surface area contributed by atoms with Gasteiger partial charge in [-0.05, 0) is 18.9 Å². The van der Waals surface area contributed by atoms with Crippen LogP contribution in [0.2, 0.25) is 0 Å². The van der Waals surface area contributed by atoms with Crippen LogP contribution in [0, 0.1) is 0 Å². The third-order valence-corrected chi connectivity index (χ3v) is 3.32. The van der Waals surface area contributed by atoms with Crippen LogP contribution in [0.15, 0.2) is 23.0 Å². The Balaban J connectivity index is 1.51. The summed E-state index contributed by atoms with van der Waals surface area (Å²) in [5.74, 6) is 0.312. The smallest absolute Gasteiger partial charge is 0.224 e. The molecule has 1 aromatic heterocycles. The van der Waals surface area contributed by atoms with Gasteiger partial charge in [0, 0.05) is 37.2 Å². The molecule has 0 bridgehead atoms. The Morgan fingerprint density at radius 1 is 1.50 bits per heavy atom. The van der Waals surface area contributed by atoms with Crippen LogP contribution >= 0.6 is 0 Å². The molecule has 4 heteroatoms. The monoisotopic (exact) mass is 220 g/mol. The predicted molar refractivity (Wildman–Crippen MR) is 58.7 cm³/mol. The molecule has 1 amide bonds. The largest absolute Gasteiger partial charge is 0.472 e. The van der Waals surface area contributed by atoms with Crippen molar-refractivity contribution in [2.75, 3.05) is 6.54 Å². The van der Waals surface area contributed by atoms with Crippen molar-refractivity contribution in [2.24, 2.45) is 0 Å². The van der Waals surface area contributed by atoms with E-state index in [-0.39, 0.29) is 0 Å². The van der Waals surface area contributed by atoms with Crippen LogP contribution in [-0.2, 0) is 11.3 Å². The predicted octanol–water partition coefficient (Wildman–Crippen LogP) is 1.13. The Labute approximate surface area is 94.6 Å². The number of likely N-dealkylation sites (tertiary alicyclic amines) is 1. The zero-order valence-corrected chi connectivity index (χ0v) is 9.19. The molecule has 0 radical (unpaired) electrons. The lowest BCUT2D eigenvalue weighted by Crippen LogP contribution is -2.33. The standard InChI is InChI=1S/C12H16N2O2/c15-12-5-10(7-14(12)11-1-2-11)13-6-9-3-4-16-8-9/h3-4,8,10-11,13H,1-2,5-7H2. The molecule has 2 fully saturated rings. The topological polar surface area (TPSA) is 45.5 Å². The summed E-state index contributed by atoms with van der Waals surface area (Å²) in [6.07, 6.45) is 6.45. The van der Waals surface area contributed by atoms with Gasteiger partial charge in [-0.3, -0.25) is 4.79 Å². The van der Waals surface area contributed by atoms with Crippen molar-refractivity contribution in [2.45, 2.75) is 37.9 Å². The van der Waals surface area contributed by atoms with Crippen LogP contribution in [0.25, 0.3) is 0 Å². The van der Waals surface area contributed by atoms with Gasteiger partial charge in [-0.15, -0.1) is 0 Å². The van der Waals surface area contributed by atoms with Crippen molar-refractivity contribution in [1.29, 1.82) is 0 Å². The SMILES string of the molecule is O=C1CC(NCc2ccoc2)CN1C1CC1. The number of hydrogen-bond donors (Lipinski definition) is 1. The molecule has 0 spiro atoms. The van der Waals surface area contributed by atoms with Gasteiger partial charge >= 0.3 is 0 Å². The van der Waals surface area contributed by atoms with Gasteiger partial charge in [0.25, 0.3) is 0 Å². The molecule has 16 heavy (non-hydrogen) atoms. The van der Waals surface area contributed by atoms with Gasteiger partial charge in [0.05, 0.1) is 12.5 Å². The van der Waals surface area contributed by atoms with Crippen molar-refractivity contribution >= 4 is 5.91 Å². The number of carbonyl (C=O) groups is 1. The third-order valence-electron chi connectivity index (χ3n) is 3.32. The summed E-state index contributed by atoms with van der Waals surface area (Å²) >= 11 is 0. The Kier molecular flexibility index (Phi) is 2.44. The summed E-state index contributed by atoms with van der Waals surface area (Å²) in [4.78, 5) is 13.7. The lowest BCUT2D eigenvalue weighted by atomic mass is 10.2. The Morgan fingerprint density at radius 2 is 2.38 bits per heavy atom. The maximum atomic E-state index is 11.7. The molecule has 1 aromatic rings. The van der Waals surface area contributed by atoms with Gasteiger partial charge in [0.1, 0.15) is 0 Å². The second-order valence-electron chi connectivity index (χ2n) is 4.69. The molecule has 2 heterocycles. The summed E-state index contributed by atoms with van der Waals surface area (Å²) < 4.78 is 5.00. The van der Waals surface area contributed by atoms with Gasteiger partial charge in [-0.1, -0.05) is 0 Å². The van der Waals surface area contributed by atoms with Crippen molar-refractivity contribution in [3.05, 3.63) is 24.2 Å². The molecule has 2 aliphatic rings. The average molecular weight is 220 g/mol. The van der Waals surface area contributed by atoms with Gasteiger partial charge in [-0.2, -0.15) is 0 Å². The highest BCUT2D eigenvalue weighted by Gasteiger charge is 2.38. The second-order valence-corrected chi connectivity index (χ2v) is 4.69. The first kappa shape index (κ1) is 9.90. The molecule has 86 valence electrons. The highest BCUT2D eigenvalue weighted by Crippen LogP contribution is 2.30. The number of carbonyl (C=O) groups excluding carboxylic acids is 1. The molecule has 3 rings (SSSR count). The van der Waals surface area contributed by atoms with Crippen molar-refractivity contribution < 1.29 is 9.21 Å². The first-order chi connectivity index (χ1) is 7.83. The average Bonchev–Trinajstić information content (AvgIpc) is 2.85. The minimum atomic E-state index is 0.308. The number of amides is 1. The van der Waals surface area contributed by atoms with E-state index in [1.807, 2.05) is 11.0 Å². The molecule has 1 atom stereocenters. The van der Waals surface area contributed by atoms with Crippen LogP contribution in [-0.4, -0.2) is 29.4 Å². The quantitative estimate of drug-likeness (QED) is 0.827. The zero-order valence-electron chi connectivity index (χ0n) is 9.19. The molecule has 1 unspecified atom stereocenters. The fraction of sp³-hybridized carbons (Fsp3) is 0.583. The minimum absolute atomic E-state index is 0.308. The van der Waals surface area contributed by atoms with E-state index >= 15 is 0 Å². The summed E-state index contributed by atoms with van der Waals surface area (Å²) in [6.45, 7) is 1.66. The molecule has 1 aliphatic carbocycles. The maximum Gasteiger partial charge on any atom is 0.224 e. The lowest BCUT2D eigenvalue weighted by molar-refractivity contribution is -0.128. The summed E-state index contributed by atoms with van der Waals surface area (Å²) in [6, 6.07) is 2.80. The van der Waals surface area contributed by atoms with E-state index in [2.05, 4.69) is 5.32 Å². The fourth-order valence-corrected chi connectivity index (χ4v) is 2.26. The Morgan fingerprint density at radius 3 is 3.06 bits per heavy atom. The molecule has 1 N–H and O–H groups in total. The minimum Gasteiger partial charge on any atom is -0.472 e. The lowest BCUT2D eigenvalue weighted by Gasteiger charge is -2.15. The molecular formula is C12H16N2O2. The van der Waals surface area contributed by atoms with E-state index in [0.717, 1.165) is 18.7 Å². The van der Waals surface area contributed by atoms with Gasteiger partial charge in [0.15, 0.2) is 0 Å². The highest BCUT2D eigenvalue weighted by atomic mass is 16.3. The van der Waals surface area contributed by atoms with Gasteiger partial charge < -0.3 is 14.6 Å². The molecule has 0 aromatic carbocycles. The zero-order chi connectivity index (χ0) is 11.0. The van der Waals surface area contributed by atoms with Crippen LogP contribution < -0.4 is 5.32 Å². The summed E-state index contributed by atoms with van der Waals surface area (Å²) in [5.41, 5.74) is 1.14. The Bertz CT molecular complexity index is 370. The Hall–Kier alpha value is -1.29. The summed E-state index contributed by atoms with van der Waals surface area (Å²) in [7, 11) is 0. The van der Waals surface area contributed by atoms with E-state index in [4.69, 9.17) is 4.42 Å². The second kappa shape index (κ2) is 3.94. The van der Waals surface area contributed by atoms with Crippen molar-refractivity contribution in [3.63, 3.8) is 0 Å². The highest BCUT2D eigenvalue weighted by molar-refractivity contribution is 5.80. The number of rotatable bonds is 4. The third kappa shape index (κ3) is 1.97. The fourth-order valence-electron chi connectivity index (χ4n) is 2.26.